The smallest absolute Gasteiger partial charge is 0.161 e. The van der Waals surface area contributed by atoms with E-state index in [2.05, 4.69) is 54.8 Å². The maximum Gasteiger partial charge on any atom is 0.161 e. The number of hydrogen-bond donors (Lipinski definition) is 1. The Labute approximate surface area is 197 Å². The summed E-state index contributed by atoms with van der Waals surface area (Å²) in [4.78, 5) is 0. The van der Waals surface area contributed by atoms with Gasteiger partial charge in [0.1, 0.15) is 18.6 Å². The maximum absolute atomic E-state index is 10.5. The molecule has 2 aliphatic rings. The van der Waals surface area contributed by atoms with Crippen molar-refractivity contribution in [1.82, 2.24) is 0 Å². The first-order valence-electron chi connectivity index (χ1n) is 11.2. The van der Waals surface area contributed by atoms with E-state index in [4.69, 9.17) is 14.2 Å². The van der Waals surface area contributed by atoms with Crippen molar-refractivity contribution in [3.05, 3.63) is 76.2 Å². The first-order chi connectivity index (χ1) is 15.7. The molecule has 1 aromatic heterocycles. The highest BCUT2D eigenvalue weighted by molar-refractivity contribution is 8.01. The van der Waals surface area contributed by atoms with E-state index in [0.717, 1.165) is 29.9 Å². The molecule has 1 saturated heterocycles. The fraction of sp³-hybridized carbons (Fsp3) is 0.385. The number of ether oxygens (including phenoxy) is 3. The van der Waals surface area contributed by atoms with Crippen molar-refractivity contribution in [2.75, 3.05) is 13.2 Å². The highest BCUT2D eigenvalue weighted by Crippen LogP contribution is 2.40. The third kappa shape index (κ3) is 4.99. The summed E-state index contributed by atoms with van der Waals surface area (Å²) in [6.07, 6.45) is 2.66. The maximum atomic E-state index is 10.5. The zero-order valence-corrected chi connectivity index (χ0v) is 19.8. The molecule has 0 aliphatic carbocycles. The lowest BCUT2D eigenvalue weighted by atomic mass is 9.92. The minimum atomic E-state index is -0.349. The number of rotatable bonds is 6. The largest absolute Gasteiger partial charge is 0.486 e. The van der Waals surface area contributed by atoms with Crippen LogP contribution in [0.4, 0.5) is 0 Å². The number of aliphatic hydroxyl groups is 1. The number of aryl methyl sites for hydroxylation is 1. The van der Waals surface area contributed by atoms with Crippen LogP contribution < -0.4 is 9.47 Å². The Bertz CT molecular complexity index is 1050. The van der Waals surface area contributed by atoms with Crippen molar-refractivity contribution < 1.29 is 19.3 Å². The Balaban J connectivity index is 1.36. The average Bonchev–Trinajstić information content (AvgIpc) is 3.31. The van der Waals surface area contributed by atoms with Gasteiger partial charge in [-0.1, -0.05) is 49.0 Å². The Morgan fingerprint density at radius 1 is 1.00 bits per heavy atom. The van der Waals surface area contributed by atoms with E-state index < -0.39 is 0 Å². The lowest BCUT2D eigenvalue weighted by Crippen LogP contribution is -2.29. The number of thiophene rings is 1. The molecule has 168 valence electrons. The molecule has 2 aromatic carbocycles. The number of hydrogen-bond acceptors (Lipinski definition) is 6. The topological polar surface area (TPSA) is 47.9 Å². The summed E-state index contributed by atoms with van der Waals surface area (Å²) in [7, 11) is 0. The summed E-state index contributed by atoms with van der Waals surface area (Å²) in [5.74, 6) is 1.65. The molecule has 0 spiro atoms. The normalized spacial score (nSPS) is 22.6. The van der Waals surface area contributed by atoms with Crippen LogP contribution in [0.1, 0.15) is 48.1 Å². The molecule has 2 aliphatic heterocycles. The number of aliphatic hydroxyl groups excluding tert-OH is 1. The van der Waals surface area contributed by atoms with Crippen molar-refractivity contribution in [3.8, 4) is 11.5 Å². The Hall–Kier alpha value is -1.99. The molecule has 3 atom stereocenters. The van der Waals surface area contributed by atoms with Gasteiger partial charge in [0.05, 0.1) is 16.4 Å². The van der Waals surface area contributed by atoms with Gasteiger partial charge in [0, 0.05) is 12.8 Å². The third-order valence-corrected chi connectivity index (χ3v) is 8.17. The van der Waals surface area contributed by atoms with Crippen LogP contribution in [-0.2, 0) is 17.6 Å². The molecule has 1 N–H and O–H groups in total. The van der Waals surface area contributed by atoms with Crippen LogP contribution in [0.25, 0.3) is 0 Å². The highest BCUT2D eigenvalue weighted by Gasteiger charge is 2.30. The minimum absolute atomic E-state index is 0.0329. The first-order valence-corrected chi connectivity index (χ1v) is 13.0. The molecule has 0 radical (unpaired) electrons. The van der Waals surface area contributed by atoms with Crippen molar-refractivity contribution in [1.29, 1.82) is 0 Å². The summed E-state index contributed by atoms with van der Waals surface area (Å²) in [5, 5.41) is 12.6. The molecule has 0 amide bonds. The molecular formula is C26H28O4S2. The summed E-state index contributed by atoms with van der Waals surface area (Å²) in [5.41, 5.74) is 4.95. The van der Waals surface area contributed by atoms with Gasteiger partial charge in [0.15, 0.2) is 11.5 Å². The summed E-state index contributed by atoms with van der Waals surface area (Å²) in [6, 6.07) is 17.0. The standard InChI is InChI=1S/C26H28O4S2/c1-2-18-6-7-19(23-15-21(27)16-25(30-23)32-26-4-3-11-31-26)14-20(18)12-17-5-8-22-24(13-17)29-10-9-28-22/h3-8,11,13-14,21,23,25,27H,2,9-10,12,15-16H2,1H3. The summed E-state index contributed by atoms with van der Waals surface area (Å²) < 4.78 is 19.1. The number of benzene rings is 2. The van der Waals surface area contributed by atoms with Gasteiger partial charge in [-0.15, -0.1) is 11.3 Å². The van der Waals surface area contributed by atoms with E-state index >= 15 is 0 Å². The quantitative estimate of drug-likeness (QED) is 0.481. The third-order valence-electron chi connectivity index (χ3n) is 5.99. The van der Waals surface area contributed by atoms with Crippen LogP contribution in [0.15, 0.2) is 58.1 Å². The monoisotopic (exact) mass is 468 g/mol. The van der Waals surface area contributed by atoms with Crippen LogP contribution in [0, 0.1) is 0 Å². The van der Waals surface area contributed by atoms with E-state index in [1.165, 1.54) is 20.9 Å². The fourth-order valence-corrected chi connectivity index (χ4v) is 6.47. The summed E-state index contributed by atoms with van der Waals surface area (Å²) in [6.45, 7) is 3.39. The lowest BCUT2D eigenvalue weighted by molar-refractivity contribution is -0.0606. The predicted octanol–water partition coefficient (Wildman–Crippen LogP) is 6.00. The second kappa shape index (κ2) is 9.87. The van der Waals surface area contributed by atoms with E-state index in [9.17, 15) is 5.11 Å². The van der Waals surface area contributed by atoms with Gasteiger partial charge in [-0.05, 0) is 58.7 Å². The predicted molar refractivity (Wildman–Crippen MR) is 129 cm³/mol. The SMILES string of the molecule is CCc1ccc(C2CC(O)CC(Sc3cccs3)O2)cc1Cc1ccc2c(c1)OCCO2. The zero-order valence-electron chi connectivity index (χ0n) is 18.2. The first kappa shape index (κ1) is 21.8. The van der Waals surface area contributed by atoms with E-state index in [1.54, 1.807) is 23.1 Å². The Kier molecular flexibility index (Phi) is 6.74. The molecule has 32 heavy (non-hydrogen) atoms. The van der Waals surface area contributed by atoms with Crippen molar-refractivity contribution in [3.63, 3.8) is 0 Å². The fourth-order valence-electron chi connectivity index (χ4n) is 4.38. The van der Waals surface area contributed by atoms with Crippen LogP contribution in [0.3, 0.4) is 0 Å². The van der Waals surface area contributed by atoms with Gasteiger partial charge in [0.25, 0.3) is 0 Å². The second-order valence-electron chi connectivity index (χ2n) is 8.27. The minimum Gasteiger partial charge on any atom is -0.486 e. The van der Waals surface area contributed by atoms with E-state index in [0.29, 0.717) is 26.1 Å². The Morgan fingerprint density at radius 3 is 2.69 bits per heavy atom. The molecule has 6 heteroatoms. The van der Waals surface area contributed by atoms with Crippen LogP contribution in [0.2, 0.25) is 0 Å². The number of thioether (sulfide) groups is 1. The molecule has 3 unspecified atom stereocenters. The molecule has 4 nitrogen and oxygen atoms in total. The average molecular weight is 469 g/mol. The van der Waals surface area contributed by atoms with E-state index in [1.807, 2.05) is 6.07 Å². The molecule has 0 bridgehead atoms. The van der Waals surface area contributed by atoms with Crippen molar-refractivity contribution in [2.45, 2.75) is 54.5 Å². The molecule has 1 fully saturated rings. The van der Waals surface area contributed by atoms with Gasteiger partial charge < -0.3 is 19.3 Å². The van der Waals surface area contributed by atoms with Gasteiger partial charge in [0.2, 0.25) is 0 Å². The van der Waals surface area contributed by atoms with Crippen LogP contribution >= 0.6 is 23.1 Å². The van der Waals surface area contributed by atoms with Crippen LogP contribution in [0.5, 0.6) is 11.5 Å². The number of fused-ring (bicyclic) bond motifs is 1. The van der Waals surface area contributed by atoms with Gasteiger partial charge in [-0.3, -0.25) is 0 Å². The van der Waals surface area contributed by atoms with Crippen molar-refractivity contribution in [2.24, 2.45) is 0 Å². The highest BCUT2D eigenvalue weighted by atomic mass is 32.2. The zero-order chi connectivity index (χ0) is 21.9. The second-order valence-corrected chi connectivity index (χ2v) is 10.7. The van der Waals surface area contributed by atoms with Gasteiger partial charge in [-0.25, -0.2) is 0 Å². The molecule has 5 rings (SSSR count). The van der Waals surface area contributed by atoms with Crippen molar-refractivity contribution >= 4 is 23.1 Å². The lowest BCUT2D eigenvalue weighted by Gasteiger charge is -2.33. The molecule has 3 heterocycles. The van der Waals surface area contributed by atoms with E-state index in [-0.39, 0.29) is 17.6 Å². The molecule has 0 saturated carbocycles. The van der Waals surface area contributed by atoms with Crippen LogP contribution in [-0.4, -0.2) is 29.9 Å². The Morgan fingerprint density at radius 2 is 1.88 bits per heavy atom. The molecular weight excluding hydrogens is 440 g/mol. The van der Waals surface area contributed by atoms with Gasteiger partial charge in [-0.2, -0.15) is 0 Å². The van der Waals surface area contributed by atoms with Gasteiger partial charge >= 0.3 is 0 Å². The summed E-state index contributed by atoms with van der Waals surface area (Å²) >= 11 is 3.43. The molecule has 3 aromatic rings.